The Kier molecular flexibility index (Phi) is 3.70. The Bertz CT molecular complexity index is 639. The summed E-state index contributed by atoms with van der Waals surface area (Å²) in [6.45, 7) is 0.567. The molecule has 1 atom stereocenters. The average Bonchev–Trinajstić information content (AvgIpc) is 3.16. The summed E-state index contributed by atoms with van der Waals surface area (Å²) in [5, 5.41) is 13.1. The fourth-order valence-corrected chi connectivity index (χ4v) is 2.57. The van der Waals surface area contributed by atoms with Crippen molar-refractivity contribution in [2.24, 2.45) is 0 Å². The van der Waals surface area contributed by atoms with Crippen LogP contribution in [0, 0.1) is 5.82 Å². The van der Waals surface area contributed by atoms with E-state index in [0.717, 1.165) is 12.8 Å². The van der Waals surface area contributed by atoms with Crippen LogP contribution < -0.4 is 0 Å². The number of hydrogen-bond acceptors (Lipinski definition) is 4. The number of likely N-dealkylation sites (tertiary alicyclic amines) is 1. The van der Waals surface area contributed by atoms with Gasteiger partial charge in [-0.3, -0.25) is 4.79 Å². The maximum atomic E-state index is 12.9. The molecule has 1 fully saturated rings. The van der Waals surface area contributed by atoms with E-state index in [2.05, 4.69) is 5.16 Å². The molecule has 1 aliphatic rings. The lowest BCUT2D eigenvalue weighted by molar-refractivity contribution is 0.0667. The first-order valence-electron chi connectivity index (χ1n) is 6.83. The van der Waals surface area contributed by atoms with Crippen LogP contribution >= 0.6 is 0 Å². The van der Waals surface area contributed by atoms with Crippen LogP contribution in [0.25, 0.3) is 11.3 Å². The fourth-order valence-electron chi connectivity index (χ4n) is 2.57. The van der Waals surface area contributed by atoms with Crippen molar-refractivity contribution in [3.8, 4) is 11.3 Å². The van der Waals surface area contributed by atoms with Crippen molar-refractivity contribution in [1.29, 1.82) is 0 Å². The first-order valence-corrected chi connectivity index (χ1v) is 6.83. The van der Waals surface area contributed by atoms with E-state index in [1.807, 2.05) is 0 Å². The Balaban J connectivity index is 1.81. The normalized spacial score (nSPS) is 18.2. The van der Waals surface area contributed by atoms with Crippen LogP contribution in [0.3, 0.4) is 0 Å². The second-order valence-corrected chi connectivity index (χ2v) is 5.06. The number of rotatable bonds is 3. The highest BCUT2D eigenvalue weighted by Gasteiger charge is 2.30. The van der Waals surface area contributed by atoms with Gasteiger partial charge >= 0.3 is 0 Å². The zero-order chi connectivity index (χ0) is 14.8. The molecule has 1 N–H and O–H groups in total. The molecule has 0 spiro atoms. The lowest BCUT2D eigenvalue weighted by Crippen LogP contribution is -2.37. The molecule has 2 heterocycles. The molecule has 0 aliphatic carbocycles. The van der Waals surface area contributed by atoms with Crippen molar-refractivity contribution in [3.05, 3.63) is 41.8 Å². The minimum Gasteiger partial charge on any atom is -0.394 e. The van der Waals surface area contributed by atoms with Crippen molar-refractivity contribution >= 4 is 5.91 Å². The van der Waals surface area contributed by atoms with Crippen molar-refractivity contribution in [2.75, 3.05) is 13.2 Å². The number of nitrogens with zero attached hydrogens (tertiary/aromatic N) is 2. The van der Waals surface area contributed by atoms with E-state index >= 15 is 0 Å². The van der Waals surface area contributed by atoms with Gasteiger partial charge in [-0.15, -0.1) is 0 Å². The minimum absolute atomic E-state index is 0.0472. The molecule has 0 bridgehead atoms. The lowest BCUT2D eigenvalue weighted by Gasteiger charge is -2.21. The molecule has 110 valence electrons. The number of aliphatic hydroxyl groups is 1. The summed E-state index contributed by atoms with van der Waals surface area (Å²) in [5.41, 5.74) is 0.859. The van der Waals surface area contributed by atoms with Gasteiger partial charge in [0.1, 0.15) is 5.82 Å². The van der Waals surface area contributed by atoms with Crippen molar-refractivity contribution in [1.82, 2.24) is 10.1 Å². The van der Waals surface area contributed by atoms with Crippen LogP contribution in [0.4, 0.5) is 4.39 Å². The first-order chi connectivity index (χ1) is 10.2. The van der Waals surface area contributed by atoms with Gasteiger partial charge in [0.15, 0.2) is 11.5 Å². The maximum Gasteiger partial charge on any atom is 0.276 e. The molecule has 1 aromatic heterocycles. The van der Waals surface area contributed by atoms with E-state index in [-0.39, 0.29) is 30.1 Å². The highest BCUT2D eigenvalue weighted by atomic mass is 19.1. The van der Waals surface area contributed by atoms with Gasteiger partial charge in [-0.25, -0.2) is 4.39 Å². The molecule has 1 saturated heterocycles. The molecular formula is C15H15FN2O3. The number of aliphatic hydroxyl groups excluding tert-OH is 1. The highest BCUT2D eigenvalue weighted by Crippen LogP contribution is 2.24. The third-order valence-corrected chi connectivity index (χ3v) is 3.71. The van der Waals surface area contributed by atoms with Gasteiger partial charge in [-0.05, 0) is 37.1 Å². The molecule has 0 radical (unpaired) electrons. The molecule has 21 heavy (non-hydrogen) atoms. The molecule has 5 nitrogen and oxygen atoms in total. The fraction of sp³-hybridized carbons (Fsp3) is 0.333. The van der Waals surface area contributed by atoms with Gasteiger partial charge in [0, 0.05) is 18.2 Å². The van der Waals surface area contributed by atoms with Gasteiger partial charge in [-0.2, -0.15) is 0 Å². The number of amides is 1. The molecular weight excluding hydrogens is 275 g/mol. The Morgan fingerprint density at radius 3 is 2.90 bits per heavy atom. The van der Waals surface area contributed by atoms with Crippen LogP contribution in [-0.2, 0) is 0 Å². The number of halogens is 1. The monoisotopic (exact) mass is 290 g/mol. The standard InChI is InChI=1S/C15H15FN2O3/c16-11-5-3-10(4-6-11)14-8-13(17-21-14)15(20)18-7-1-2-12(18)9-19/h3-6,8,12,19H,1-2,7,9H2/t12-/m0/s1. The Hall–Kier alpha value is -2.21. The van der Waals surface area contributed by atoms with Crippen LogP contribution in [-0.4, -0.2) is 40.3 Å². The van der Waals surface area contributed by atoms with Gasteiger partial charge in [0.25, 0.3) is 5.91 Å². The zero-order valence-corrected chi connectivity index (χ0v) is 11.3. The number of benzene rings is 1. The Morgan fingerprint density at radius 1 is 1.43 bits per heavy atom. The summed E-state index contributed by atoms with van der Waals surface area (Å²) < 4.78 is 18.0. The average molecular weight is 290 g/mol. The third kappa shape index (κ3) is 2.67. The second-order valence-electron chi connectivity index (χ2n) is 5.06. The van der Waals surface area contributed by atoms with Gasteiger partial charge in [0.2, 0.25) is 0 Å². The summed E-state index contributed by atoms with van der Waals surface area (Å²) in [5.74, 6) is -0.167. The van der Waals surface area contributed by atoms with E-state index in [0.29, 0.717) is 17.9 Å². The number of carbonyl (C=O) groups excluding carboxylic acids is 1. The van der Waals surface area contributed by atoms with Crippen LogP contribution in [0.5, 0.6) is 0 Å². The van der Waals surface area contributed by atoms with Crippen LogP contribution in [0.1, 0.15) is 23.3 Å². The van der Waals surface area contributed by atoms with Gasteiger partial charge in [0.05, 0.1) is 12.6 Å². The zero-order valence-electron chi connectivity index (χ0n) is 11.3. The minimum atomic E-state index is -0.336. The Morgan fingerprint density at radius 2 is 2.19 bits per heavy atom. The van der Waals surface area contributed by atoms with Crippen LogP contribution in [0.2, 0.25) is 0 Å². The first kappa shape index (κ1) is 13.8. The molecule has 1 aliphatic heterocycles. The van der Waals surface area contributed by atoms with Crippen LogP contribution in [0.15, 0.2) is 34.9 Å². The molecule has 3 rings (SSSR count). The van der Waals surface area contributed by atoms with E-state index in [1.54, 1.807) is 23.1 Å². The molecule has 0 unspecified atom stereocenters. The number of carbonyl (C=O) groups is 1. The van der Waals surface area contributed by atoms with E-state index < -0.39 is 0 Å². The summed E-state index contributed by atoms with van der Waals surface area (Å²) in [6.07, 6.45) is 1.67. The molecule has 6 heteroatoms. The predicted molar refractivity (Wildman–Crippen MR) is 73.0 cm³/mol. The number of aromatic nitrogens is 1. The SMILES string of the molecule is O=C(c1cc(-c2ccc(F)cc2)on1)N1CCC[C@H]1CO. The van der Waals surface area contributed by atoms with E-state index in [1.165, 1.54) is 12.1 Å². The van der Waals surface area contributed by atoms with Gasteiger partial charge in [-0.1, -0.05) is 5.16 Å². The van der Waals surface area contributed by atoms with E-state index in [4.69, 9.17) is 4.52 Å². The highest BCUT2D eigenvalue weighted by molar-refractivity contribution is 5.93. The molecule has 2 aromatic rings. The summed E-state index contributed by atoms with van der Waals surface area (Å²) >= 11 is 0. The van der Waals surface area contributed by atoms with Crippen molar-refractivity contribution < 1.29 is 18.8 Å². The van der Waals surface area contributed by atoms with Crippen molar-refractivity contribution in [2.45, 2.75) is 18.9 Å². The topological polar surface area (TPSA) is 66.6 Å². The maximum absolute atomic E-state index is 12.9. The molecule has 1 aromatic carbocycles. The molecule has 0 saturated carbocycles. The second kappa shape index (κ2) is 5.65. The smallest absolute Gasteiger partial charge is 0.276 e. The van der Waals surface area contributed by atoms with Crippen molar-refractivity contribution in [3.63, 3.8) is 0 Å². The van der Waals surface area contributed by atoms with Gasteiger partial charge < -0.3 is 14.5 Å². The summed E-state index contributed by atoms with van der Waals surface area (Å²) in [6, 6.07) is 7.17. The largest absolute Gasteiger partial charge is 0.394 e. The quantitative estimate of drug-likeness (QED) is 0.939. The third-order valence-electron chi connectivity index (χ3n) is 3.71. The molecule has 1 amide bonds. The predicted octanol–water partition coefficient (Wildman–Crippen LogP) is 2.08. The lowest BCUT2D eigenvalue weighted by atomic mass is 10.1. The summed E-state index contributed by atoms with van der Waals surface area (Å²) in [7, 11) is 0. The Labute approximate surface area is 121 Å². The number of hydrogen-bond donors (Lipinski definition) is 1. The van der Waals surface area contributed by atoms with E-state index in [9.17, 15) is 14.3 Å². The summed E-state index contributed by atoms with van der Waals surface area (Å²) in [4.78, 5) is 14.0.